The van der Waals surface area contributed by atoms with E-state index in [-0.39, 0.29) is 17.9 Å². The van der Waals surface area contributed by atoms with Crippen LogP contribution in [0.25, 0.3) is 21.8 Å². The van der Waals surface area contributed by atoms with Crippen LogP contribution in [0.1, 0.15) is 32.8 Å². The summed E-state index contributed by atoms with van der Waals surface area (Å²) in [5, 5.41) is 3.09. The van der Waals surface area contributed by atoms with Crippen LogP contribution in [0.5, 0.6) is 0 Å². The Morgan fingerprint density at radius 2 is 1.93 bits per heavy atom. The lowest BCUT2D eigenvalue weighted by atomic mass is 10.00. The maximum atomic E-state index is 12.8. The van der Waals surface area contributed by atoms with Crippen LogP contribution in [0, 0.1) is 5.92 Å². The number of fused-ring (bicyclic) bond motifs is 1. The molecule has 1 unspecified atom stereocenters. The van der Waals surface area contributed by atoms with E-state index in [4.69, 9.17) is 4.98 Å². The summed E-state index contributed by atoms with van der Waals surface area (Å²) in [6, 6.07) is 10.5. The van der Waals surface area contributed by atoms with Crippen molar-refractivity contribution in [2.45, 2.75) is 39.7 Å². The first kappa shape index (κ1) is 17.9. The molecule has 1 aliphatic rings. The van der Waals surface area contributed by atoms with Crippen molar-refractivity contribution in [3.63, 3.8) is 0 Å². The van der Waals surface area contributed by atoms with E-state index in [1.807, 2.05) is 24.0 Å². The van der Waals surface area contributed by atoms with Crippen molar-refractivity contribution >= 4 is 22.9 Å². The van der Waals surface area contributed by atoms with Crippen molar-refractivity contribution < 1.29 is 4.79 Å². The molecule has 0 saturated heterocycles. The minimum absolute atomic E-state index is 0.0563. The van der Waals surface area contributed by atoms with Gasteiger partial charge in [0.05, 0.1) is 5.69 Å². The van der Waals surface area contributed by atoms with Crippen LogP contribution >= 0.6 is 11.3 Å². The molecule has 0 bridgehead atoms. The van der Waals surface area contributed by atoms with Gasteiger partial charge in [0.1, 0.15) is 5.01 Å². The Labute approximate surface area is 163 Å². The van der Waals surface area contributed by atoms with Gasteiger partial charge in [-0.25, -0.2) is 4.98 Å². The number of amides is 1. The zero-order valence-corrected chi connectivity index (χ0v) is 16.7. The Morgan fingerprint density at radius 1 is 1.15 bits per heavy atom. The van der Waals surface area contributed by atoms with Gasteiger partial charge in [-0.1, -0.05) is 13.0 Å². The lowest BCUT2D eigenvalue weighted by Crippen LogP contribution is -2.39. The summed E-state index contributed by atoms with van der Waals surface area (Å²) in [5.41, 5.74) is 5.46. The van der Waals surface area contributed by atoms with Crippen LogP contribution < -0.4 is 4.90 Å². The first-order valence-electron chi connectivity index (χ1n) is 9.37. The molecule has 2 aromatic heterocycles. The molecule has 4 rings (SSSR count). The number of benzene rings is 1. The molecule has 0 aliphatic carbocycles. The number of hydrogen-bond donors (Lipinski definition) is 0. The number of rotatable bonds is 3. The Hall–Kier alpha value is -2.53. The molecule has 27 heavy (non-hydrogen) atoms. The molecule has 1 aliphatic heterocycles. The molecule has 0 N–H and O–H groups in total. The minimum Gasteiger partial charge on any atom is -0.309 e. The number of anilines is 1. The van der Waals surface area contributed by atoms with Crippen LogP contribution in [0.2, 0.25) is 0 Å². The van der Waals surface area contributed by atoms with Crippen LogP contribution in [0.15, 0.2) is 48.1 Å². The highest BCUT2D eigenvalue weighted by atomic mass is 32.1. The van der Waals surface area contributed by atoms with E-state index in [2.05, 4.69) is 42.4 Å². The largest absolute Gasteiger partial charge is 0.309 e. The van der Waals surface area contributed by atoms with E-state index in [1.165, 1.54) is 5.56 Å². The molecule has 0 radical (unpaired) electrons. The van der Waals surface area contributed by atoms with E-state index >= 15 is 0 Å². The summed E-state index contributed by atoms with van der Waals surface area (Å²) in [6.07, 6.45) is 5.38. The Balaban J connectivity index is 1.71. The Bertz CT molecular complexity index is 965. The summed E-state index contributed by atoms with van der Waals surface area (Å²) < 4.78 is 0. The third-order valence-electron chi connectivity index (χ3n) is 5.09. The molecule has 0 fully saturated rings. The lowest BCUT2D eigenvalue weighted by Gasteiger charge is -2.28. The fraction of sp³-hybridized carbons (Fsp3) is 0.318. The second-order valence-electron chi connectivity index (χ2n) is 7.36. The summed E-state index contributed by atoms with van der Waals surface area (Å²) in [6.45, 7) is 6.19. The van der Waals surface area contributed by atoms with Gasteiger partial charge in [0.2, 0.25) is 5.91 Å². The highest BCUT2D eigenvalue weighted by Gasteiger charge is 2.29. The van der Waals surface area contributed by atoms with E-state index in [0.29, 0.717) is 0 Å². The van der Waals surface area contributed by atoms with E-state index < -0.39 is 0 Å². The fourth-order valence-corrected chi connectivity index (χ4v) is 4.43. The summed E-state index contributed by atoms with van der Waals surface area (Å²) >= 11 is 1.64. The fourth-order valence-electron chi connectivity index (χ4n) is 3.60. The number of nitrogens with zero attached hydrogens (tertiary/aromatic N) is 3. The molecular formula is C22H23N3OS. The SMILES string of the molecule is CC1CCc2cc(-c3csc(-c4ccncc4)n3)ccc2N(C(C)C)C1=O. The first-order chi connectivity index (χ1) is 13.0. The number of thiazole rings is 1. The van der Waals surface area contributed by atoms with Crippen molar-refractivity contribution in [1.29, 1.82) is 0 Å². The predicted molar refractivity (Wildman–Crippen MR) is 111 cm³/mol. The smallest absolute Gasteiger partial charge is 0.230 e. The zero-order valence-electron chi connectivity index (χ0n) is 15.8. The molecule has 1 amide bonds. The quantitative estimate of drug-likeness (QED) is 0.630. The van der Waals surface area contributed by atoms with Crippen LogP contribution in [-0.4, -0.2) is 21.9 Å². The maximum absolute atomic E-state index is 12.8. The number of pyridine rings is 1. The van der Waals surface area contributed by atoms with Gasteiger partial charge in [-0.15, -0.1) is 11.3 Å². The highest BCUT2D eigenvalue weighted by molar-refractivity contribution is 7.13. The van der Waals surface area contributed by atoms with Crippen molar-refractivity contribution in [3.8, 4) is 21.8 Å². The topological polar surface area (TPSA) is 46.1 Å². The third kappa shape index (κ3) is 3.39. The van der Waals surface area contributed by atoms with Gasteiger partial charge >= 0.3 is 0 Å². The number of hydrogen-bond acceptors (Lipinski definition) is 4. The van der Waals surface area contributed by atoms with Gasteiger partial charge in [-0.3, -0.25) is 9.78 Å². The van der Waals surface area contributed by atoms with Crippen LogP contribution in [0.4, 0.5) is 5.69 Å². The number of aromatic nitrogens is 2. The van der Waals surface area contributed by atoms with Crippen molar-refractivity contribution in [1.82, 2.24) is 9.97 Å². The van der Waals surface area contributed by atoms with E-state index in [9.17, 15) is 4.79 Å². The van der Waals surface area contributed by atoms with Gasteiger partial charge in [-0.2, -0.15) is 0 Å². The summed E-state index contributed by atoms with van der Waals surface area (Å²) in [5.74, 6) is 0.283. The molecule has 0 spiro atoms. The van der Waals surface area contributed by atoms with Gasteiger partial charge in [0, 0.05) is 46.5 Å². The van der Waals surface area contributed by atoms with Crippen LogP contribution in [0.3, 0.4) is 0 Å². The average molecular weight is 378 g/mol. The zero-order chi connectivity index (χ0) is 19.0. The van der Waals surface area contributed by atoms with Crippen LogP contribution in [-0.2, 0) is 11.2 Å². The molecule has 1 aromatic carbocycles. The Kier molecular flexibility index (Phi) is 4.79. The second-order valence-corrected chi connectivity index (χ2v) is 8.22. The van der Waals surface area contributed by atoms with Crippen molar-refractivity contribution in [3.05, 3.63) is 53.7 Å². The molecule has 5 heteroatoms. The molecule has 4 nitrogen and oxygen atoms in total. The lowest BCUT2D eigenvalue weighted by molar-refractivity contribution is -0.122. The van der Waals surface area contributed by atoms with Crippen molar-refractivity contribution in [2.75, 3.05) is 4.90 Å². The minimum atomic E-state index is 0.0563. The van der Waals surface area contributed by atoms with E-state index in [0.717, 1.165) is 40.4 Å². The van der Waals surface area contributed by atoms with E-state index in [1.54, 1.807) is 23.7 Å². The molecular weight excluding hydrogens is 354 g/mol. The molecule has 3 aromatic rings. The van der Waals surface area contributed by atoms with Gasteiger partial charge in [0.25, 0.3) is 0 Å². The van der Waals surface area contributed by atoms with Gasteiger partial charge < -0.3 is 4.90 Å². The summed E-state index contributed by atoms with van der Waals surface area (Å²) in [7, 11) is 0. The maximum Gasteiger partial charge on any atom is 0.230 e. The number of aryl methyl sites for hydroxylation is 1. The molecule has 0 saturated carbocycles. The molecule has 138 valence electrons. The van der Waals surface area contributed by atoms with Crippen molar-refractivity contribution in [2.24, 2.45) is 5.92 Å². The molecule has 3 heterocycles. The average Bonchev–Trinajstić information content (AvgIpc) is 3.13. The predicted octanol–water partition coefficient (Wildman–Crippen LogP) is 5.20. The standard InChI is InChI=1S/C22H23N3OS/c1-14(2)25-20-7-6-17(12-18(20)5-4-15(3)22(25)26)19-13-27-21(24-19)16-8-10-23-11-9-16/h6-15H,4-5H2,1-3H3. The number of carbonyl (C=O) groups is 1. The number of carbonyl (C=O) groups excluding carboxylic acids is 1. The Morgan fingerprint density at radius 3 is 2.67 bits per heavy atom. The monoisotopic (exact) mass is 377 g/mol. The normalized spacial score (nSPS) is 17.1. The molecule has 1 atom stereocenters. The first-order valence-corrected chi connectivity index (χ1v) is 10.2. The van der Waals surface area contributed by atoms with Gasteiger partial charge in [0.15, 0.2) is 0 Å². The van der Waals surface area contributed by atoms with Gasteiger partial charge in [-0.05, 0) is 56.5 Å². The second kappa shape index (κ2) is 7.24. The third-order valence-corrected chi connectivity index (χ3v) is 5.98. The highest BCUT2D eigenvalue weighted by Crippen LogP contribution is 2.35. The summed E-state index contributed by atoms with van der Waals surface area (Å²) in [4.78, 5) is 23.6.